The minimum Gasteiger partial charge on any atom is -0.497 e. The predicted octanol–water partition coefficient (Wildman–Crippen LogP) is 5.44. The number of nitrogens with zero attached hydrogens (tertiary/aromatic N) is 1. The normalized spacial score (nSPS) is 17.5. The number of rotatable bonds is 10. The van der Waals surface area contributed by atoms with E-state index < -0.39 is 5.97 Å². The maximum absolute atomic E-state index is 13.2. The molecule has 33 heavy (non-hydrogen) atoms. The van der Waals surface area contributed by atoms with Crippen LogP contribution in [0.5, 0.6) is 5.75 Å². The monoisotopic (exact) mass is 443 g/mol. The highest BCUT2D eigenvalue weighted by molar-refractivity contribution is 6.03. The van der Waals surface area contributed by atoms with Crippen molar-refractivity contribution >= 4 is 17.6 Å². The molecule has 170 valence electrons. The summed E-state index contributed by atoms with van der Waals surface area (Å²) < 4.78 is 5.26. The number of carboxylic acid groups (broad SMARTS) is 1. The van der Waals surface area contributed by atoms with Crippen molar-refractivity contribution in [2.24, 2.45) is 5.92 Å². The molecule has 2 unspecified atom stereocenters. The molecule has 2 atom stereocenters. The molecule has 0 bridgehead atoms. The molecule has 5 heteroatoms. The Labute approximate surface area is 194 Å². The van der Waals surface area contributed by atoms with Crippen molar-refractivity contribution in [3.8, 4) is 5.75 Å². The number of hydrogen-bond donors (Lipinski definition) is 1. The summed E-state index contributed by atoms with van der Waals surface area (Å²) >= 11 is 0. The minimum absolute atomic E-state index is 0.0322. The van der Waals surface area contributed by atoms with E-state index in [2.05, 4.69) is 12.1 Å². The van der Waals surface area contributed by atoms with Crippen molar-refractivity contribution < 1.29 is 19.4 Å². The number of aliphatic carboxylic acids is 1. The first-order valence-electron chi connectivity index (χ1n) is 11.4. The molecule has 3 aromatic rings. The third-order valence-corrected chi connectivity index (χ3v) is 6.34. The zero-order valence-corrected chi connectivity index (χ0v) is 18.8. The van der Waals surface area contributed by atoms with Gasteiger partial charge in [0.05, 0.1) is 19.1 Å². The number of β-lactam (4-membered cyclic amide) rings is 1. The van der Waals surface area contributed by atoms with E-state index in [4.69, 9.17) is 9.84 Å². The van der Waals surface area contributed by atoms with Crippen LogP contribution in [0, 0.1) is 5.92 Å². The molecule has 4 rings (SSSR count). The number of methoxy groups -OCH3 is 1. The van der Waals surface area contributed by atoms with Crippen LogP contribution in [0.4, 0.5) is 5.69 Å². The zero-order chi connectivity index (χ0) is 23.2. The van der Waals surface area contributed by atoms with Crippen molar-refractivity contribution in [1.82, 2.24) is 0 Å². The van der Waals surface area contributed by atoms with E-state index in [9.17, 15) is 9.59 Å². The van der Waals surface area contributed by atoms with Crippen LogP contribution in [0.25, 0.3) is 0 Å². The van der Waals surface area contributed by atoms with Crippen molar-refractivity contribution in [2.45, 2.75) is 38.1 Å². The van der Waals surface area contributed by atoms with Gasteiger partial charge >= 0.3 is 5.97 Å². The number of carbonyl (C=O) groups is 2. The average Bonchev–Trinajstić information content (AvgIpc) is 2.85. The van der Waals surface area contributed by atoms with Gasteiger partial charge in [-0.25, -0.2) is 0 Å². The molecule has 1 heterocycles. The van der Waals surface area contributed by atoms with Crippen LogP contribution in [-0.4, -0.2) is 24.1 Å². The smallest absolute Gasteiger partial charge is 0.303 e. The standard InChI is InChI=1S/C28H29NO4/c1-33-24-17-15-23(16-18-24)29-27(22-13-10-21(11-14-22)12-19-26(30)31)25(28(29)32)9-5-8-20-6-3-2-4-7-20/h2-4,6-7,10-11,13-18,25,27H,5,8-9,12,19H2,1H3,(H,30,31). The fourth-order valence-electron chi connectivity index (χ4n) is 4.55. The molecule has 3 aromatic carbocycles. The fraction of sp³-hybridized carbons (Fsp3) is 0.286. The van der Waals surface area contributed by atoms with Gasteiger partial charge < -0.3 is 14.7 Å². The molecule has 0 aromatic heterocycles. The first kappa shape index (κ1) is 22.6. The van der Waals surface area contributed by atoms with Gasteiger partial charge in [-0.15, -0.1) is 0 Å². The van der Waals surface area contributed by atoms with Crippen LogP contribution in [0.3, 0.4) is 0 Å². The summed E-state index contributed by atoms with van der Waals surface area (Å²) in [5.41, 5.74) is 4.22. The highest BCUT2D eigenvalue weighted by Crippen LogP contribution is 2.46. The zero-order valence-electron chi connectivity index (χ0n) is 18.8. The topological polar surface area (TPSA) is 66.8 Å². The number of carboxylic acids is 1. The molecule has 0 spiro atoms. The number of anilines is 1. The maximum atomic E-state index is 13.2. The van der Waals surface area contributed by atoms with Gasteiger partial charge in [-0.3, -0.25) is 9.59 Å². The number of ether oxygens (including phenoxy) is 1. The number of hydrogen-bond acceptors (Lipinski definition) is 3. The van der Waals surface area contributed by atoms with Gasteiger partial charge in [0.1, 0.15) is 5.75 Å². The van der Waals surface area contributed by atoms with E-state index in [0.717, 1.165) is 41.8 Å². The van der Waals surface area contributed by atoms with Gasteiger partial charge in [0.15, 0.2) is 0 Å². The van der Waals surface area contributed by atoms with Gasteiger partial charge in [-0.1, -0.05) is 54.6 Å². The van der Waals surface area contributed by atoms with Crippen LogP contribution in [0.1, 0.15) is 42.0 Å². The molecule has 1 aliphatic rings. The highest BCUT2D eigenvalue weighted by Gasteiger charge is 2.48. The molecule has 0 saturated carbocycles. The summed E-state index contributed by atoms with van der Waals surface area (Å²) in [6, 6.07) is 25.9. The third kappa shape index (κ3) is 5.25. The highest BCUT2D eigenvalue weighted by atomic mass is 16.5. The molecular formula is C28H29NO4. The second kappa shape index (κ2) is 10.3. The molecule has 0 radical (unpaired) electrons. The maximum Gasteiger partial charge on any atom is 0.303 e. The number of carbonyl (C=O) groups excluding carboxylic acids is 1. The van der Waals surface area contributed by atoms with E-state index in [-0.39, 0.29) is 24.3 Å². The Hall–Kier alpha value is -3.60. The molecule has 0 aliphatic carbocycles. The SMILES string of the molecule is COc1ccc(N2C(=O)C(CCCc3ccccc3)C2c2ccc(CCC(=O)O)cc2)cc1. The lowest BCUT2D eigenvalue weighted by atomic mass is 9.78. The van der Waals surface area contributed by atoms with Gasteiger partial charge in [0, 0.05) is 12.1 Å². The summed E-state index contributed by atoms with van der Waals surface area (Å²) in [4.78, 5) is 26.0. The number of aryl methyl sites for hydroxylation is 2. The quantitative estimate of drug-likeness (QED) is 0.424. The number of amides is 1. The lowest BCUT2D eigenvalue weighted by Gasteiger charge is -2.48. The van der Waals surface area contributed by atoms with Crippen LogP contribution >= 0.6 is 0 Å². The first-order chi connectivity index (χ1) is 16.1. The van der Waals surface area contributed by atoms with E-state index >= 15 is 0 Å². The predicted molar refractivity (Wildman–Crippen MR) is 128 cm³/mol. The fourth-order valence-corrected chi connectivity index (χ4v) is 4.55. The van der Waals surface area contributed by atoms with Crippen molar-refractivity contribution in [3.63, 3.8) is 0 Å². The van der Waals surface area contributed by atoms with Gasteiger partial charge in [0.25, 0.3) is 0 Å². The van der Waals surface area contributed by atoms with Gasteiger partial charge in [0.2, 0.25) is 5.91 Å². The van der Waals surface area contributed by atoms with Crippen LogP contribution in [0.2, 0.25) is 0 Å². The average molecular weight is 444 g/mol. The molecule has 1 aliphatic heterocycles. The van der Waals surface area contributed by atoms with E-state index in [0.29, 0.717) is 6.42 Å². The largest absolute Gasteiger partial charge is 0.497 e. The van der Waals surface area contributed by atoms with Crippen molar-refractivity contribution in [2.75, 3.05) is 12.0 Å². The molecular weight excluding hydrogens is 414 g/mol. The van der Waals surface area contributed by atoms with Gasteiger partial charge in [-0.2, -0.15) is 0 Å². The van der Waals surface area contributed by atoms with E-state index in [1.165, 1.54) is 5.56 Å². The Balaban J connectivity index is 1.52. The van der Waals surface area contributed by atoms with Crippen LogP contribution in [-0.2, 0) is 22.4 Å². The summed E-state index contributed by atoms with van der Waals surface area (Å²) in [7, 11) is 1.63. The van der Waals surface area contributed by atoms with E-state index in [1.54, 1.807) is 7.11 Å². The Morgan fingerprint density at radius 3 is 2.21 bits per heavy atom. The summed E-state index contributed by atoms with van der Waals surface area (Å²) in [6.45, 7) is 0. The number of benzene rings is 3. The lowest BCUT2D eigenvalue weighted by Crippen LogP contribution is -2.55. The van der Waals surface area contributed by atoms with Crippen molar-refractivity contribution in [1.29, 1.82) is 0 Å². The van der Waals surface area contributed by atoms with Crippen LogP contribution in [0.15, 0.2) is 78.9 Å². The second-order valence-corrected chi connectivity index (χ2v) is 8.47. The Kier molecular flexibility index (Phi) is 7.08. The third-order valence-electron chi connectivity index (χ3n) is 6.34. The molecule has 1 saturated heterocycles. The molecule has 1 fully saturated rings. The Bertz CT molecular complexity index is 1080. The molecule has 1 N–H and O–H groups in total. The van der Waals surface area contributed by atoms with Crippen molar-refractivity contribution in [3.05, 3.63) is 95.6 Å². The summed E-state index contributed by atoms with van der Waals surface area (Å²) in [6.07, 6.45) is 3.34. The lowest BCUT2D eigenvalue weighted by molar-refractivity contribution is -0.137. The Morgan fingerprint density at radius 1 is 0.909 bits per heavy atom. The van der Waals surface area contributed by atoms with Crippen LogP contribution < -0.4 is 9.64 Å². The first-order valence-corrected chi connectivity index (χ1v) is 11.4. The second-order valence-electron chi connectivity index (χ2n) is 8.47. The molecule has 1 amide bonds. The van der Waals surface area contributed by atoms with Gasteiger partial charge in [-0.05, 0) is 66.6 Å². The van der Waals surface area contributed by atoms with E-state index in [1.807, 2.05) is 71.6 Å². The minimum atomic E-state index is -0.798. The summed E-state index contributed by atoms with van der Waals surface area (Å²) in [5.74, 6) is 0.0344. The Morgan fingerprint density at radius 2 is 1.58 bits per heavy atom. The molecule has 5 nitrogen and oxygen atoms in total. The summed E-state index contributed by atoms with van der Waals surface area (Å²) in [5, 5.41) is 8.94.